The summed E-state index contributed by atoms with van der Waals surface area (Å²) in [4.78, 5) is 26.4. The first kappa shape index (κ1) is 15.0. The minimum atomic E-state index is -0.161. The second kappa shape index (κ2) is 5.83. The van der Waals surface area contributed by atoms with Crippen molar-refractivity contribution in [3.8, 4) is 0 Å². The van der Waals surface area contributed by atoms with Crippen LogP contribution >= 0.6 is 0 Å². The van der Waals surface area contributed by atoms with E-state index in [0.717, 1.165) is 66.8 Å². The summed E-state index contributed by atoms with van der Waals surface area (Å²) in [6, 6.07) is 5.95. The van der Waals surface area contributed by atoms with Crippen LogP contribution in [-0.2, 0) is 6.54 Å². The molecule has 24 heavy (non-hydrogen) atoms. The molecule has 126 valence electrons. The standard InChI is InChI=1S/C17H21N5O2/c1-11-12(2)24-15(18-11)10-21-6-8-22(9-7-21)14-5-3-4-13-16(14)20-17(23)19-13/h3-5H,6-10H2,1-2H3,(H2,19,20,23). The number of imidazole rings is 1. The van der Waals surface area contributed by atoms with E-state index < -0.39 is 0 Å². The largest absolute Gasteiger partial charge is 0.444 e. The molecule has 1 aromatic carbocycles. The fourth-order valence-corrected chi connectivity index (χ4v) is 3.25. The van der Waals surface area contributed by atoms with Crippen molar-refractivity contribution >= 4 is 16.7 Å². The third-order valence-electron chi connectivity index (χ3n) is 4.67. The van der Waals surface area contributed by atoms with Crippen molar-refractivity contribution < 1.29 is 4.42 Å². The van der Waals surface area contributed by atoms with E-state index in [9.17, 15) is 4.79 Å². The molecule has 1 fully saturated rings. The molecule has 7 nitrogen and oxygen atoms in total. The van der Waals surface area contributed by atoms with Crippen molar-refractivity contribution in [3.05, 3.63) is 46.0 Å². The number of aromatic amines is 2. The van der Waals surface area contributed by atoms with Gasteiger partial charge in [0.05, 0.1) is 29.0 Å². The summed E-state index contributed by atoms with van der Waals surface area (Å²) in [7, 11) is 0. The number of aromatic nitrogens is 3. The first-order valence-corrected chi connectivity index (χ1v) is 8.21. The van der Waals surface area contributed by atoms with Gasteiger partial charge in [-0.2, -0.15) is 0 Å². The Bertz CT molecular complexity index is 895. The molecule has 0 aliphatic carbocycles. The molecular weight excluding hydrogens is 306 g/mol. The lowest BCUT2D eigenvalue weighted by Gasteiger charge is -2.35. The number of rotatable bonds is 3. The number of nitrogens with one attached hydrogen (secondary N) is 2. The highest BCUT2D eigenvalue weighted by molar-refractivity contribution is 5.88. The van der Waals surface area contributed by atoms with Crippen LogP contribution in [0, 0.1) is 13.8 Å². The van der Waals surface area contributed by atoms with Gasteiger partial charge in [0.2, 0.25) is 5.89 Å². The summed E-state index contributed by atoms with van der Waals surface area (Å²) in [5.41, 5.74) is 3.62. The number of oxazole rings is 1. The average Bonchev–Trinajstić information content (AvgIpc) is 3.09. The Hall–Kier alpha value is -2.54. The van der Waals surface area contributed by atoms with Gasteiger partial charge in [-0.1, -0.05) is 6.07 Å². The smallest absolute Gasteiger partial charge is 0.323 e. The van der Waals surface area contributed by atoms with Crippen LogP contribution in [0.5, 0.6) is 0 Å². The topological polar surface area (TPSA) is 81.2 Å². The van der Waals surface area contributed by atoms with Crippen molar-refractivity contribution in [2.24, 2.45) is 0 Å². The van der Waals surface area contributed by atoms with Crippen molar-refractivity contribution in [3.63, 3.8) is 0 Å². The fourth-order valence-electron chi connectivity index (χ4n) is 3.25. The van der Waals surface area contributed by atoms with Gasteiger partial charge in [0, 0.05) is 26.2 Å². The minimum Gasteiger partial charge on any atom is -0.444 e. The Morgan fingerprint density at radius 3 is 2.67 bits per heavy atom. The van der Waals surface area contributed by atoms with Crippen LogP contribution in [0.3, 0.4) is 0 Å². The number of hydrogen-bond acceptors (Lipinski definition) is 5. The van der Waals surface area contributed by atoms with E-state index in [1.54, 1.807) is 0 Å². The summed E-state index contributed by atoms with van der Waals surface area (Å²) in [5.74, 6) is 1.68. The van der Waals surface area contributed by atoms with Gasteiger partial charge < -0.3 is 19.3 Å². The van der Waals surface area contributed by atoms with Crippen molar-refractivity contribution in [1.29, 1.82) is 0 Å². The van der Waals surface area contributed by atoms with Crippen LogP contribution in [0.25, 0.3) is 11.0 Å². The number of hydrogen-bond donors (Lipinski definition) is 2. The molecule has 1 aliphatic heterocycles. The molecule has 0 atom stereocenters. The minimum absolute atomic E-state index is 0.161. The number of nitrogens with zero attached hydrogens (tertiary/aromatic N) is 3. The molecule has 1 aliphatic rings. The molecule has 0 amide bonds. The first-order valence-electron chi connectivity index (χ1n) is 8.21. The molecule has 0 unspecified atom stereocenters. The fraction of sp³-hybridized carbons (Fsp3) is 0.412. The van der Waals surface area contributed by atoms with Gasteiger partial charge >= 0.3 is 5.69 Å². The number of H-pyrrole nitrogens is 2. The number of anilines is 1. The lowest BCUT2D eigenvalue weighted by molar-refractivity contribution is 0.225. The lowest BCUT2D eigenvalue weighted by atomic mass is 10.2. The Morgan fingerprint density at radius 2 is 1.96 bits per heavy atom. The summed E-state index contributed by atoms with van der Waals surface area (Å²) in [5, 5.41) is 0. The van der Waals surface area contributed by atoms with Crippen molar-refractivity contribution in [2.45, 2.75) is 20.4 Å². The molecule has 0 bridgehead atoms. The SMILES string of the molecule is Cc1nc(CN2CCN(c3cccc4[nH]c(=O)[nH]c34)CC2)oc1C. The van der Waals surface area contributed by atoms with Gasteiger partial charge in [-0.3, -0.25) is 4.90 Å². The molecule has 0 saturated carbocycles. The van der Waals surface area contributed by atoms with E-state index in [1.807, 2.05) is 26.0 Å². The molecule has 1 saturated heterocycles. The Morgan fingerprint density at radius 1 is 1.17 bits per heavy atom. The van der Waals surface area contributed by atoms with Crippen LogP contribution in [0.1, 0.15) is 17.3 Å². The number of para-hydroxylation sites is 1. The van der Waals surface area contributed by atoms with Crippen LogP contribution < -0.4 is 10.6 Å². The van der Waals surface area contributed by atoms with Gasteiger partial charge in [-0.15, -0.1) is 0 Å². The maximum atomic E-state index is 11.6. The molecule has 7 heteroatoms. The molecule has 2 N–H and O–H groups in total. The third kappa shape index (κ3) is 2.71. The molecule has 3 aromatic rings. The van der Waals surface area contributed by atoms with Gasteiger partial charge in [0.25, 0.3) is 0 Å². The van der Waals surface area contributed by atoms with E-state index in [4.69, 9.17) is 4.42 Å². The zero-order valence-corrected chi connectivity index (χ0v) is 13.9. The van der Waals surface area contributed by atoms with Gasteiger partial charge in [0.1, 0.15) is 5.76 Å². The Balaban J connectivity index is 1.46. The average molecular weight is 327 g/mol. The van der Waals surface area contributed by atoms with E-state index in [1.165, 1.54) is 0 Å². The van der Waals surface area contributed by atoms with Gasteiger partial charge in [0.15, 0.2) is 0 Å². The molecular formula is C17H21N5O2. The highest BCUT2D eigenvalue weighted by atomic mass is 16.4. The Labute approximate surface area is 139 Å². The molecule has 0 spiro atoms. The van der Waals surface area contributed by atoms with Gasteiger partial charge in [-0.05, 0) is 26.0 Å². The zero-order chi connectivity index (χ0) is 16.7. The summed E-state index contributed by atoms with van der Waals surface area (Å²) >= 11 is 0. The zero-order valence-electron chi connectivity index (χ0n) is 13.9. The second-order valence-electron chi connectivity index (χ2n) is 6.29. The molecule has 3 heterocycles. The number of fused-ring (bicyclic) bond motifs is 1. The van der Waals surface area contributed by atoms with Crippen molar-refractivity contribution in [2.75, 3.05) is 31.1 Å². The first-order chi connectivity index (χ1) is 11.6. The maximum absolute atomic E-state index is 11.6. The lowest BCUT2D eigenvalue weighted by Crippen LogP contribution is -2.46. The van der Waals surface area contributed by atoms with Crippen LogP contribution in [0.4, 0.5) is 5.69 Å². The monoisotopic (exact) mass is 327 g/mol. The van der Waals surface area contributed by atoms with E-state index in [0.29, 0.717) is 0 Å². The number of benzene rings is 1. The third-order valence-corrected chi connectivity index (χ3v) is 4.67. The number of aryl methyl sites for hydroxylation is 2. The molecule has 2 aromatic heterocycles. The highest BCUT2D eigenvalue weighted by Crippen LogP contribution is 2.24. The summed E-state index contributed by atoms with van der Waals surface area (Å²) in [6.45, 7) is 8.35. The van der Waals surface area contributed by atoms with Crippen LogP contribution in [0.2, 0.25) is 0 Å². The maximum Gasteiger partial charge on any atom is 0.323 e. The summed E-state index contributed by atoms with van der Waals surface area (Å²) in [6.07, 6.45) is 0. The summed E-state index contributed by atoms with van der Waals surface area (Å²) < 4.78 is 5.68. The Kier molecular flexibility index (Phi) is 3.65. The van der Waals surface area contributed by atoms with E-state index >= 15 is 0 Å². The normalized spacial score (nSPS) is 16.2. The van der Waals surface area contributed by atoms with E-state index in [-0.39, 0.29) is 5.69 Å². The predicted molar refractivity (Wildman–Crippen MR) is 92.4 cm³/mol. The highest BCUT2D eigenvalue weighted by Gasteiger charge is 2.21. The van der Waals surface area contributed by atoms with Crippen LogP contribution in [-0.4, -0.2) is 46.0 Å². The predicted octanol–water partition coefficient (Wildman–Crippen LogP) is 1.78. The quantitative estimate of drug-likeness (QED) is 0.766. The van der Waals surface area contributed by atoms with Crippen LogP contribution in [0.15, 0.2) is 27.4 Å². The van der Waals surface area contributed by atoms with Gasteiger partial charge in [-0.25, -0.2) is 9.78 Å². The number of piperazine rings is 1. The second-order valence-corrected chi connectivity index (χ2v) is 6.29. The molecule has 0 radical (unpaired) electrons. The molecule has 4 rings (SSSR count). The van der Waals surface area contributed by atoms with Crippen molar-refractivity contribution in [1.82, 2.24) is 19.9 Å². The van der Waals surface area contributed by atoms with E-state index in [2.05, 4.69) is 30.8 Å².